The van der Waals surface area contributed by atoms with E-state index < -0.39 is 26.1 Å². The van der Waals surface area contributed by atoms with Crippen LogP contribution in [0.5, 0.6) is 5.75 Å². The molecule has 6 nitrogen and oxygen atoms in total. The highest BCUT2D eigenvalue weighted by Crippen LogP contribution is 2.23. The number of esters is 1. The molecule has 0 aliphatic carbocycles. The second kappa shape index (κ2) is 6.18. The number of fused-ring (bicyclic) bond motifs is 1. The molecule has 3 rings (SSSR count). The Morgan fingerprint density at radius 2 is 1.76 bits per heavy atom. The van der Waals surface area contributed by atoms with Crippen LogP contribution in [0.1, 0.15) is 12.5 Å². The quantitative estimate of drug-likeness (QED) is 0.528. The van der Waals surface area contributed by atoms with Crippen molar-refractivity contribution in [2.24, 2.45) is 0 Å². The number of sulfone groups is 1. The van der Waals surface area contributed by atoms with Crippen LogP contribution < -0.4 is 10.2 Å². The lowest BCUT2D eigenvalue weighted by Crippen LogP contribution is -2.15. The maximum atomic E-state index is 12.7. The van der Waals surface area contributed by atoms with E-state index in [4.69, 9.17) is 9.15 Å². The summed E-state index contributed by atoms with van der Waals surface area (Å²) in [5.41, 5.74) is 0.366. The molecule has 0 spiro atoms. The van der Waals surface area contributed by atoms with E-state index in [1.54, 1.807) is 12.1 Å². The minimum Gasteiger partial charge on any atom is -0.463 e. The van der Waals surface area contributed by atoms with Crippen molar-refractivity contribution in [1.29, 1.82) is 0 Å². The number of aryl methyl sites for hydroxylation is 1. The number of benzene rings is 2. The van der Waals surface area contributed by atoms with Crippen LogP contribution in [0.2, 0.25) is 0 Å². The molecule has 0 aliphatic rings. The first-order chi connectivity index (χ1) is 11.8. The third-order valence-electron chi connectivity index (χ3n) is 3.60. The van der Waals surface area contributed by atoms with Crippen LogP contribution in [0.15, 0.2) is 67.7 Å². The molecule has 3 aromatic rings. The lowest BCUT2D eigenvalue weighted by Gasteiger charge is -2.06. The molecule has 1 aromatic heterocycles. The average molecular weight is 358 g/mol. The summed E-state index contributed by atoms with van der Waals surface area (Å²) < 4.78 is 35.6. The van der Waals surface area contributed by atoms with Gasteiger partial charge >= 0.3 is 5.97 Å². The Morgan fingerprint density at radius 1 is 1.08 bits per heavy atom. The lowest BCUT2D eigenvalue weighted by molar-refractivity contribution is -0.131. The van der Waals surface area contributed by atoms with Crippen LogP contribution in [0.3, 0.4) is 0 Å². The van der Waals surface area contributed by atoms with Crippen molar-refractivity contribution in [3.05, 3.63) is 64.5 Å². The summed E-state index contributed by atoms with van der Waals surface area (Å²) in [6.07, 6.45) is 0.914. The van der Waals surface area contributed by atoms with Crippen LogP contribution in [0, 0.1) is 6.92 Å². The first kappa shape index (κ1) is 16.9. The van der Waals surface area contributed by atoms with Crippen LogP contribution in [0.4, 0.5) is 0 Å². The van der Waals surface area contributed by atoms with Crippen LogP contribution in [0.25, 0.3) is 11.0 Å². The van der Waals surface area contributed by atoms with Gasteiger partial charge in [-0.05, 0) is 31.2 Å². The van der Waals surface area contributed by atoms with Crippen LogP contribution in [-0.2, 0) is 14.6 Å². The van der Waals surface area contributed by atoms with Crippen molar-refractivity contribution in [2.75, 3.05) is 0 Å². The molecular formula is C18H14O6S. The van der Waals surface area contributed by atoms with Crippen LogP contribution >= 0.6 is 0 Å². The molecule has 1 heterocycles. The predicted molar refractivity (Wildman–Crippen MR) is 90.4 cm³/mol. The fourth-order valence-electron chi connectivity index (χ4n) is 2.35. The Bertz CT molecular complexity index is 1120. The summed E-state index contributed by atoms with van der Waals surface area (Å²) in [4.78, 5) is 23.2. The molecule has 2 aromatic carbocycles. The zero-order chi connectivity index (χ0) is 18.2. The summed E-state index contributed by atoms with van der Waals surface area (Å²) in [7, 11) is -4.00. The smallest absolute Gasteiger partial charge is 0.308 e. The molecule has 0 saturated heterocycles. The molecule has 128 valence electrons. The predicted octanol–water partition coefficient (Wildman–Crippen LogP) is 2.86. The molecule has 0 N–H and O–H groups in total. The third-order valence-corrected chi connectivity index (χ3v) is 5.35. The number of rotatable bonds is 3. The van der Waals surface area contributed by atoms with Crippen molar-refractivity contribution < 1.29 is 22.4 Å². The van der Waals surface area contributed by atoms with Gasteiger partial charge in [-0.2, -0.15) is 0 Å². The largest absolute Gasteiger partial charge is 0.463 e. The summed E-state index contributed by atoms with van der Waals surface area (Å²) in [5, 5.41) is 0.0871. The molecule has 0 aliphatic heterocycles. The van der Waals surface area contributed by atoms with E-state index in [0.717, 1.165) is 11.8 Å². The molecule has 0 radical (unpaired) electrons. The second-order valence-electron chi connectivity index (χ2n) is 5.50. The van der Waals surface area contributed by atoms with Gasteiger partial charge in [-0.1, -0.05) is 17.7 Å². The maximum absolute atomic E-state index is 12.7. The highest BCUT2D eigenvalue weighted by atomic mass is 32.2. The molecule has 7 heteroatoms. The summed E-state index contributed by atoms with van der Waals surface area (Å²) >= 11 is 0. The fraction of sp³-hybridized carbons (Fsp3) is 0.111. The van der Waals surface area contributed by atoms with Gasteiger partial charge in [0.05, 0.1) is 10.3 Å². The molecule has 0 atom stereocenters. The van der Waals surface area contributed by atoms with E-state index in [1.807, 2.05) is 6.92 Å². The molecule has 0 saturated carbocycles. The van der Waals surface area contributed by atoms with Crippen LogP contribution in [-0.4, -0.2) is 14.4 Å². The molecule has 0 fully saturated rings. The Hall–Kier alpha value is -2.93. The summed E-state index contributed by atoms with van der Waals surface area (Å²) in [6.45, 7) is 3.08. The van der Waals surface area contributed by atoms with E-state index in [1.165, 1.54) is 37.3 Å². The number of carbonyl (C=O) groups excluding carboxylic acids is 1. The van der Waals surface area contributed by atoms with Crippen molar-refractivity contribution in [3.63, 3.8) is 0 Å². The van der Waals surface area contributed by atoms with Gasteiger partial charge < -0.3 is 9.15 Å². The van der Waals surface area contributed by atoms with Crippen molar-refractivity contribution in [2.45, 2.75) is 23.6 Å². The van der Waals surface area contributed by atoms with Crippen molar-refractivity contribution in [1.82, 2.24) is 0 Å². The highest BCUT2D eigenvalue weighted by Gasteiger charge is 2.23. The van der Waals surface area contributed by atoms with E-state index in [-0.39, 0.29) is 21.6 Å². The Kier molecular flexibility index (Phi) is 4.18. The van der Waals surface area contributed by atoms with Crippen molar-refractivity contribution >= 4 is 26.8 Å². The van der Waals surface area contributed by atoms with Gasteiger partial charge in [-0.3, -0.25) is 9.59 Å². The molecule has 25 heavy (non-hydrogen) atoms. The van der Waals surface area contributed by atoms with Gasteiger partial charge in [0.1, 0.15) is 17.6 Å². The van der Waals surface area contributed by atoms with E-state index in [0.29, 0.717) is 0 Å². The second-order valence-corrected chi connectivity index (χ2v) is 7.42. The van der Waals surface area contributed by atoms with Gasteiger partial charge in [0, 0.05) is 13.0 Å². The number of ether oxygens (including phenoxy) is 1. The van der Waals surface area contributed by atoms with E-state index >= 15 is 0 Å². The minimum atomic E-state index is -4.00. The SMILES string of the molecule is CC(=O)Oc1ccc2c(=O)c(S(=O)(=O)c3ccc(C)cc3)coc2c1. The van der Waals surface area contributed by atoms with Gasteiger partial charge in [0.15, 0.2) is 4.90 Å². The molecule has 0 unspecified atom stereocenters. The number of hydrogen-bond donors (Lipinski definition) is 0. The third kappa shape index (κ3) is 3.18. The number of carbonyl (C=O) groups is 1. The Morgan fingerprint density at radius 3 is 2.40 bits per heavy atom. The zero-order valence-corrected chi connectivity index (χ0v) is 14.3. The minimum absolute atomic E-state index is 0.0151. The van der Waals surface area contributed by atoms with Gasteiger partial charge in [-0.15, -0.1) is 0 Å². The highest BCUT2D eigenvalue weighted by molar-refractivity contribution is 7.91. The number of hydrogen-bond acceptors (Lipinski definition) is 6. The monoisotopic (exact) mass is 358 g/mol. The van der Waals surface area contributed by atoms with E-state index in [2.05, 4.69) is 0 Å². The van der Waals surface area contributed by atoms with Gasteiger partial charge in [-0.25, -0.2) is 8.42 Å². The zero-order valence-electron chi connectivity index (χ0n) is 13.5. The summed E-state index contributed by atoms with van der Waals surface area (Å²) in [6, 6.07) is 10.3. The first-order valence-electron chi connectivity index (χ1n) is 7.35. The standard InChI is InChI=1S/C18H14O6S/c1-11-3-6-14(7-4-11)25(21,22)17-10-23-16-9-13(24-12(2)19)5-8-15(16)18(17)20/h3-10H,1-2H3. The van der Waals surface area contributed by atoms with Crippen molar-refractivity contribution in [3.8, 4) is 5.75 Å². The van der Waals surface area contributed by atoms with E-state index in [9.17, 15) is 18.0 Å². The Balaban J connectivity index is 2.14. The average Bonchev–Trinajstić information content (AvgIpc) is 2.54. The molecule has 0 bridgehead atoms. The lowest BCUT2D eigenvalue weighted by atomic mass is 10.2. The normalized spacial score (nSPS) is 11.4. The first-order valence-corrected chi connectivity index (χ1v) is 8.83. The molecule has 0 amide bonds. The summed E-state index contributed by atoms with van der Waals surface area (Å²) in [5.74, 6) is -0.308. The van der Waals surface area contributed by atoms with Gasteiger partial charge in [0.2, 0.25) is 15.3 Å². The topological polar surface area (TPSA) is 90.7 Å². The molecular weight excluding hydrogens is 344 g/mol. The maximum Gasteiger partial charge on any atom is 0.308 e. The van der Waals surface area contributed by atoms with Gasteiger partial charge in [0.25, 0.3) is 0 Å². The Labute approximate surface area is 143 Å². The fourth-order valence-corrected chi connectivity index (χ4v) is 3.63.